The molecule has 0 radical (unpaired) electrons. The van der Waals surface area contributed by atoms with Crippen molar-refractivity contribution in [2.24, 2.45) is 0 Å². The van der Waals surface area contributed by atoms with E-state index in [1.165, 1.54) is 5.56 Å². The fraction of sp³-hybridized carbons (Fsp3) is 0.632. The number of amides is 1. The molecule has 1 amide bonds. The van der Waals surface area contributed by atoms with Gasteiger partial charge in [0.2, 0.25) is 5.91 Å². The van der Waals surface area contributed by atoms with Gasteiger partial charge in [-0.2, -0.15) is 0 Å². The number of benzene rings is 2. The Morgan fingerprint density at radius 3 is 1.64 bits per heavy atom. The second-order valence-electron chi connectivity index (χ2n) is 16.1. The maximum Gasteiger partial charge on any atom is 0.217 e. The molecule has 0 spiro atoms. The summed E-state index contributed by atoms with van der Waals surface area (Å²) >= 11 is 0. The van der Waals surface area contributed by atoms with Crippen LogP contribution in [0.5, 0.6) is 0 Å². The Balaban J connectivity index is 2.06. The number of nitrogens with one attached hydrogen (secondary N) is 1. The number of hydrogen-bond donors (Lipinski definition) is 1. The number of unbranched alkanes of at least 4 members (excludes halogenated alkanes) is 3. The van der Waals surface area contributed by atoms with Gasteiger partial charge < -0.3 is 14.2 Å². The highest BCUT2D eigenvalue weighted by Crippen LogP contribution is 2.39. The zero-order valence-electron chi connectivity index (χ0n) is 30.4. The Hall–Kier alpha value is -2.07. The summed E-state index contributed by atoms with van der Waals surface area (Å²) in [6.07, 6.45) is 7.44. The number of ketones is 1. The summed E-state index contributed by atoms with van der Waals surface area (Å²) < 4.78 is 13.5. The van der Waals surface area contributed by atoms with Gasteiger partial charge in [-0.15, -0.1) is 0 Å². The third-order valence-electron chi connectivity index (χ3n) is 10.1. The maximum atomic E-state index is 12.9. The number of hydrogen-bond acceptors (Lipinski definition) is 4. The Bertz CT molecular complexity index is 1160. The molecule has 0 heterocycles. The van der Waals surface area contributed by atoms with Crippen LogP contribution < -0.4 is 5.32 Å². The standard InChI is InChI=1S/C38H63NO4Si2/c1-31(40)39-38(29-42-44(8,9)36(2,3)4,30-43-45(10,11)37(5,6)7)28-27-33-23-25-34(26-24-33)35(41)22-18-13-12-15-19-32-20-16-14-17-21-32/h14,16-17,20-21,23-26H,12-13,15,18-19,22,27-30H2,1-11H3,(H,39,40). The minimum atomic E-state index is -2.07. The number of carbonyl (C=O) groups is 2. The first kappa shape index (κ1) is 39.1. The Kier molecular flexibility index (Phi) is 14.5. The van der Waals surface area contributed by atoms with E-state index >= 15 is 0 Å². The summed E-state index contributed by atoms with van der Waals surface area (Å²) in [5.41, 5.74) is 2.65. The first-order valence-corrected chi connectivity index (χ1v) is 22.8. The highest BCUT2D eigenvalue weighted by Gasteiger charge is 2.44. The summed E-state index contributed by atoms with van der Waals surface area (Å²) in [6.45, 7) is 24.8. The van der Waals surface area contributed by atoms with E-state index in [-0.39, 0.29) is 21.8 Å². The molecule has 0 aliphatic carbocycles. The summed E-state index contributed by atoms with van der Waals surface area (Å²) in [5, 5.41) is 3.40. The van der Waals surface area contributed by atoms with Crippen molar-refractivity contribution in [3.05, 3.63) is 71.3 Å². The normalized spacial score (nSPS) is 13.1. The summed E-state index contributed by atoms with van der Waals surface area (Å²) in [4.78, 5) is 25.5. The van der Waals surface area contributed by atoms with Gasteiger partial charge in [-0.05, 0) is 79.5 Å². The third kappa shape index (κ3) is 12.9. The third-order valence-corrected chi connectivity index (χ3v) is 19.1. The van der Waals surface area contributed by atoms with E-state index in [2.05, 4.69) is 116 Å². The van der Waals surface area contributed by atoms with E-state index in [0.717, 1.165) is 49.7 Å². The van der Waals surface area contributed by atoms with Crippen LogP contribution in [0.1, 0.15) is 108 Å². The molecule has 0 fully saturated rings. The van der Waals surface area contributed by atoms with Crippen LogP contribution in [0.2, 0.25) is 36.3 Å². The molecule has 0 aliphatic heterocycles. The Labute approximate surface area is 277 Å². The molecule has 0 atom stereocenters. The van der Waals surface area contributed by atoms with Gasteiger partial charge >= 0.3 is 0 Å². The Morgan fingerprint density at radius 1 is 0.667 bits per heavy atom. The van der Waals surface area contributed by atoms with Crippen LogP contribution in [0.15, 0.2) is 54.6 Å². The second kappa shape index (κ2) is 16.7. The lowest BCUT2D eigenvalue weighted by Gasteiger charge is -2.44. The number of Topliss-reactive ketones (excluding diaryl/α,β-unsaturated/α-hetero) is 1. The molecular formula is C38H63NO4Si2. The zero-order chi connectivity index (χ0) is 33.9. The van der Waals surface area contributed by atoms with E-state index in [1.54, 1.807) is 6.92 Å². The predicted molar refractivity (Wildman–Crippen MR) is 195 cm³/mol. The van der Waals surface area contributed by atoms with Crippen LogP contribution in [0.25, 0.3) is 0 Å². The molecule has 5 nitrogen and oxygen atoms in total. The molecule has 0 aliphatic rings. The average Bonchev–Trinajstić information content (AvgIpc) is 2.95. The maximum absolute atomic E-state index is 12.9. The minimum absolute atomic E-state index is 0.0553. The molecule has 2 aromatic rings. The smallest absolute Gasteiger partial charge is 0.217 e. The van der Waals surface area contributed by atoms with Gasteiger partial charge in [0.05, 0.1) is 18.8 Å². The zero-order valence-corrected chi connectivity index (χ0v) is 32.4. The van der Waals surface area contributed by atoms with Crippen LogP contribution in [-0.2, 0) is 26.5 Å². The molecular weight excluding hydrogens is 591 g/mol. The van der Waals surface area contributed by atoms with Crippen molar-refractivity contribution in [3.8, 4) is 0 Å². The monoisotopic (exact) mass is 653 g/mol. The molecule has 2 rings (SSSR count). The van der Waals surface area contributed by atoms with Crippen LogP contribution in [0, 0.1) is 0 Å². The molecule has 2 aromatic carbocycles. The quantitative estimate of drug-likeness (QED) is 0.0988. The van der Waals surface area contributed by atoms with E-state index in [9.17, 15) is 9.59 Å². The lowest BCUT2D eigenvalue weighted by Crippen LogP contribution is -2.59. The van der Waals surface area contributed by atoms with Gasteiger partial charge in [0.15, 0.2) is 22.4 Å². The number of aryl methyl sites for hydroxylation is 2. The predicted octanol–water partition coefficient (Wildman–Crippen LogP) is 9.91. The fourth-order valence-corrected chi connectivity index (χ4v) is 6.90. The second-order valence-corrected chi connectivity index (χ2v) is 25.7. The minimum Gasteiger partial charge on any atom is -0.414 e. The van der Waals surface area contributed by atoms with E-state index in [0.29, 0.717) is 26.1 Å². The SMILES string of the molecule is CC(=O)NC(CCc1ccc(C(=O)CCCCCCc2ccccc2)cc1)(CO[Si](C)(C)C(C)(C)C)CO[Si](C)(C)C(C)(C)C. The van der Waals surface area contributed by atoms with Crippen molar-refractivity contribution in [1.82, 2.24) is 5.32 Å². The molecule has 0 bridgehead atoms. The summed E-state index contributed by atoms with van der Waals surface area (Å²) in [6, 6.07) is 18.7. The van der Waals surface area contributed by atoms with E-state index in [4.69, 9.17) is 8.85 Å². The van der Waals surface area contributed by atoms with Crippen molar-refractivity contribution >= 4 is 28.3 Å². The van der Waals surface area contributed by atoms with Gasteiger partial charge in [0, 0.05) is 18.9 Å². The molecule has 45 heavy (non-hydrogen) atoms. The van der Waals surface area contributed by atoms with Gasteiger partial charge in [-0.1, -0.05) is 109 Å². The lowest BCUT2D eigenvalue weighted by atomic mass is 9.92. The largest absolute Gasteiger partial charge is 0.414 e. The topological polar surface area (TPSA) is 64.6 Å². The molecule has 0 aromatic heterocycles. The van der Waals surface area contributed by atoms with Crippen molar-refractivity contribution in [2.45, 2.75) is 142 Å². The van der Waals surface area contributed by atoms with Crippen LogP contribution in [-0.4, -0.2) is 47.1 Å². The number of carbonyl (C=O) groups excluding carboxylic acids is 2. The van der Waals surface area contributed by atoms with Gasteiger partial charge in [-0.25, -0.2) is 0 Å². The first-order chi connectivity index (χ1) is 20.8. The summed E-state index contributed by atoms with van der Waals surface area (Å²) in [7, 11) is -4.15. The lowest BCUT2D eigenvalue weighted by molar-refractivity contribution is -0.122. The van der Waals surface area contributed by atoms with Crippen molar-refractivity contribution in [3.63, 3.8) is 0 Å². The molecule has 7 heteroatoms. The van der Waals surface area contributed by atoms with Gasteiger partial charge in [-0.3, -0.25) is 9.59 Å². The summed E-state index contributed by atoms with van der Waals surface area (Å²) in [5.74, 6) is 0.136. The molecule has 252 valence electrons. The van der Waals surface area contributed by atoms with Crippen molar-refractivity contribution < 1.29 is 18.4 Å². The average molecular weight is 654 g/mol. The highest BCUT2D eigenvalue weighted by atomic mass is 28.4. The highest BCUT2D eigenvalue weighted by molar-refractivity contribution is 6.74. The van der Waals surface area contributed by atoms with Gasteiger partial charge in [0.25, 0.3) is 0 Å². The van der Waals surface area contributed by atoms with Crippen molar-refractivity contribution in [2.75, 3.05) is 13.2 Å². The van der Waals surface area contributed by atoms with Crippen LogP contribution in [0.3, 0.4) is 0 Å². The number of rotatable bonds is 18. The Morgan fingerprint density at radius 2 is 1.16 bits per heavy atom. The molecule has 0 saturated heterocycles. The molecule has 1 N–H and O–H groups in total. The van der Waals surface area contributed by atoms with Crippen LogP contribution in [0.4, 0.5) is 0 Å². The molecule has 0 saturated carbocycles. The molecule has 0 unspecified atom stereocenters. The first-order valence-electron chi connectivity index (χ1n) is 17.0. The van der Waals surface area contributed by atoms with E-state index < -0.39 is 22.2 Å². The van der Waals surface area contributed by atoms with Crippen molar-refractivity contribution in [1.29, 1.82) is 0 Å². The fourth-order valence-electron chi connectivity index (χ4n) is 4.76. The van der Waals surface area contributed by atoms with Crippen LogP contribution >= 0.6 is 0 Å². The van der Waals surface area contributed by atoms with E-state index in [1.807, 2.05) is 12.1 Å². The van der Waals surface area contributed by atoms with Gasteiger partial charge in [0.1, 0.15) is 0 Å².